The fourth-order valence-corrected chi connectivity index (χ4v) is 3.51. The smallest absolute Gasteiger partial charge is 0.273 e. The van der Waals surface area contributed by atoms with Gasteiger partial charge in [-0.05, 0) is 49.6 Å². The number of benzene rings is 1. The van der Waals surface area contributed by atoms with Crippen molar-refractivity contribution in [1.82, 2.24) is 40.1 Å². The minimum Gasteiger partial charge on any atom is -0.354 e. The number of aromatic nitrogens is 7. The molecule has 4 aromatic rings. The van der Waals surface area contributed by atoms with Crippen molar-refractivity contribution in [1.29, 1.82) is 0 Å². The van der Waals surface area contributed by atoms with Gasteiger partial charge in [0.2, 0.25) is 5.91 Å². The van der Waals surface area contributed by atoms with Gasteiger partial charge in [-0.3, -0.25) is 9.59 Å². The Kier molecular flexibility index (Phi) is 7.73. The number of alkyl halides is 1. The van der Waals surface area contributed by atoms with E-state index in [2.05, 4.69) is 36.1 Å². The molecule has 36 heavy (non-hydrogen) atoms. The largest absolute Gasteiger partial charge is 0.354 e. The molecule has 12 heteroatoms. The Hall–Kier alpha value is -4.48. The van der Waals surface area contributed by atoms with E-state index < -0.39 is 6.17 Å². The highest BCUT2D eigenvalue weighted by atomic mass is 19.1. The second kappa shape index (κ2) is 11.3. The number of anilines is 1. The summed E-state index contributed by atoms with van der Waals surface area (Å²) in [6.07, 6.45) is 4.33. The first-order chi connectivity index (χ1) is 17.4. The van der Waals surface area contributed by atoms with Gasteiger partial charge in [-0.15, -0.1) is 10.2 Å². The molecule has 2 amide bonds. The van der Waals surface area contributed by atoms with Crippen LogP contribution < -0.4 is 10.6 Å². The van der Waals surface area contributed by atoms with Crippen molar-refractivity contribution in [2.45, 2.75) is 38.9 Å². The standard InChI is InChI=1S/C24H26FN9O2/c1-16-4-3-5-20(10-16)33-13-19(27-15-33)11-23(35)28-22-9-8-18(29-31-22)7-6-17(25)12-34-14-21(30-32-34)24(36)26-2/h3-5,8-10,13-15,17H,6-7,11-12H2,1-2H3,(H,26,36)(H,28,31,35)/t17-/m1/s1. The monoisotopic (exact) mass is 491 g/mol. The first kappa shape index (κ1) is 24.6. The number of hydrogen-bond acceptors (Lipinski definition) is 7. The Bertz CT molecular complexity index is 1330. The lowest BCUT2D eigenvalue weighted by atomic mass is 10.1. The van der Waals surface area contributed by atoms with Gasteiger partial charge in [0.25, 0.3) is 5.91 Å². The van der Waals surface area contributed by atoms with Gasteiger partial charge in [0, 0.05) is 18.9 Å². The van der Waals surface area contributed by atoms with Crippen molar-refractivity contribution < 1.29 is 14.0 Å². The zero-order chi connectivity index (χ0) is 25.5. The number of nitrogens with one attached hydrogen (secondary N) is 2. The van der Waals surface area contributed by atoms with Crippen LogP contribution in [0.5, 0.6) is 0 Å². The molecule has 0 saturated carbocycles. The van der Waals surface area contributed by atoms with E-state index in [4.69, 9.17) is 0 Å². The molecule has 0 bridgehead atoms. The number of halogens is 1. The molecule has 0 aliphatic heterocycles. The van der Waals surface area contributed by atoms with Crippen LogP contribution in [0.25, 0.3) is 5.69 Å². The van der Waals surface area contributed by atoms with Crippen LogP contribution in [-0.4, -0.2) is 59.8 Å². The molecule has 0 unspecified atom stereocenters. The molecule has 0 radical (unpaired) electrons. The van der Waals surface area contributed by atoms with Gasteiger partial charge in [0.1, 0.15) is 6.17 Å². The zero-order valence-corrected chi connectivity index (χ0v) is 19.9. The zero-order valence-electron chi connectivity index (χ0n) is 19.9. The maximum atomic E-state index is 14.4. The fourth-order valence-electron chi connectivity index (χ4n) is 3.51. The van der Waals surface area contributed by atoms with E-state index in [1.807, 2.05) is 42.0 Å². The summed E-state index contributed by atoms with van der Waals surface area (Å²) in [6, 6.07) is 11.3. The molecule has 4 rings (SSSR count). The highest BCUT2D eigenvalue weighted by Gasteiger charge is 2.14. The summed E-state index contributed by atoms with van der Waals surface area (Å²) >= 11 is 0. The highest BCUT2D eigenvalue weighted by Crippen LogP contribution is 2.12. The Balaban J connectivity index is 1.23. The second-order valence-electron chi connectivity index (χ2n) is 8.29. The minimum absolute atomic E-state index is 0.0226. The van der Waals surface area contributed by atoms with Gasteiger partial charge < -0.3 is 15.2 Å². The van der Waals surface area contributed by atoms with Gasteiger partial charge in [-0.1, -0.05) is 17.3 Å². The Morgan fingerprint density at radius 1 is 1.08 bits per heavy atom. The number of rotatable bonds is 10. The van der Waals surface area contributed by atoms with E-state index >= 15 is 0 Å². The molecule has 2 N–H and O–H groups in total. The molecular formula is C24H26FN9O2. The molecule has 3 aromatic heterocycles. The van der Waals surface area contributed by atoms with E-state index in [1.165, 1.54) is 17.9 Å². The Morgan fingerprint density at radius 2 is 1.94 bits per heavy atom. The van der Waals surface area contributed by atoms with E-state index in [9.17, 15) is 14.0 Å². The first-order valence-corrected chi connectivity index (χ1v) is 11.4. The molecule has 0 aliphatic rings. The summed E-state index contributed by atoms with van der Waals surface area (Å²) in [5.74, 6) is -0.335. The van der Waals surface area contributed by atoms with Crippen LogP contribution >= 0.6 is 0 Å². The fraction of sp³-hybridized carbons (Fsp3) is 0.292. The average Bonchev–Trinajstić information content (AvgIpc) is 3.53. The van der Waals surface area contributed by atoms with Crippen molar-refractivity contribution in [2.24, 2.45) is 0 Å². The summed E-state index contributed by atoms with van der Waals surface area (Å²) in [5, 5.41) is 20.7. The molecule has 3 heterocycles. The Morgan fingerprint density at radius 3 is 2.69 bits per heavy atom. The topological polar surface area (TPSA) is 133 Å². The van der Waals surface area contributed by atoms with Gasteiger partial charge in [0.05, 0.1) is 36.9 Å². The van der Waals surface area contributed by atoms with Crippen LogP contribution in [0.15, 0.2) is 55.1 Å². The van der Waals surface area contributed by atoms with Gasteiger partial charge in [0.15, 0.2) is 11.5 Å². The van der Waals surface area contributed by atoms with E-state index in [0.717, 1.165) is 11.3 Å². The quantitative estimate of drug-likeness (QED) is 0.347. The average molecular weight is 492 g/mol. The summed E-state index contributed by atoms with van der Waals surface area (Å²) in [4.78, 5) is 28.2. The van der Waals surface area contributed by atoms with Gasteiger partial charge in [-0.25, -0.2) is 14.1 Å². The first-order valence-electron chi connectivity index (χ1n) is 11.4. The molecule has 0 fully saturated rings. The van der Waals surface area contributed by atoms with Crippen LogP contribution in [-0.2, 0) is 24.2 Å². The SMILES string of the molecule is CNC(=O)c1cn(C[C@H](F)CCc2ccc(NC(=O)Cc3cn(-c4cccc(C)c4)cn3)nn2)nn1. The number of carbonyl (C=O) groups is 2. The maximum absolute atomic E-state index is 14.4. The predicted octanol–water partition coefficient (Wildman–Crippen LogP) is 2.07. The highest BCUT2D eigenvalue weighted by molar-refractivity contribution is 5.91. The van der Waals surface area contributed by atoms with E-state index in [1.54, 1.807) is 18.5 Å². The van der Waals surface area contributed by atoms with E-state index in [-0.39, 0.29) is 36.9 Å². The van der Waals surface area contributed by atoms with Crippen LogP contribution in [0.2, 0.25) is 0 Å². The van der Waals surface area contributed by atoms with Crippen molar-refractivity contribution in [3.8, 4) is 5.69 Å². The van der Waals surface area contributed by atoms with E-state index in [0.29, 0.717) is 23.6 Å². The lowest BCUT2D eigenvalue weighted by Gasteiger charge is -2.08. The summed E-state index contributed by atoms with van der Waals surface area (Å²) in [6.45, 7) is 1.99. The number of hydrogen-bond donors (Lipinski definition) is 2. The number of nitrogens with zero attached hydrogens (tertiary/aromatic N) is 7. The predicted molar refractivity (Wildman–Crippen MR) is 129 cm³/mol. The third-order valence-electron chi connectivity index (χ3n) is 5.36. The molecule has 0 saturated heterocycles. The molecular weight excluding hydrogens is 465 g/mol. The Labute approximate surface area is 206 Å². The van der Waals surface area contributed by atoms with Crippen LogP contribution in [0.4, 0.5) is 10.2 Å². The molecule has 1 atom stereocenters. The summed E-state index contributed by atoms with van der Waals surface area (Å²) < 4.78 is 17.5. The summed E-state index contributed by atoms with van der Waals surface area (Å²) in [7, 11) is 1.49. The number of imidazole rings is 1. The minimum atomic E-state index is -1.20. The van der Waals surface area contributed by atoms with Crippen molar-refractivity contribution in [3.63, 3.8) is 0 Å². The molecule has 186 valence electrons. The lowest BCUT2D eigenvalue weighted by Crippen LogP contribution is -2.18. The van der Waals surface area contributed by atoms with Gasteiger partial charge in [-0.2, -0.15) is 5.10 Å². The molecule has 1 aromatic carbocycles. The summed E-state index contributed by atoms with van der Waals surface area (Å²) in [5.41, 5.74) is 3.46. The van der Waals surface area contributed by atoms with Crippen LogP contribution in [0.3, 0.4) is 0 Å². The number of carbonyl (C=O) groups excluding carboxylic acids is 2. The van der Waals surface area contributed by atoms with Crippen LogP contribution in [0.1, 0.15) is 33.9 Å². The number of aryl methyl sites for hydroxylation is 2. The van der Waals surface area contributed by atoms with Crippen molar-refractivity contribution in [2.75, 3.05) is 12.4 Å². The van der Waals surface area contributed by atoms with Crippen molar-refractivity contribution in [3.05, 3.63) is 77.8 Å². The second-order valence-corrected chi connectivity index (χ2v) is 8.29. The van der Waals surface area contributed by atoms with Crippen molar-refractivity contribution >= 4 is 17.6 Å². The third kappa shape index (κ3) is 6.56. The molecule has 0 aliphatic carbocycles. The third-order valence-corrected chi connectivity index (χ3v) is 5.36. The van der Waals surface area contributed by atoms with Gasteiger partial charge >= 0.3 is 0 Å². The maximum Gasteiger partial charge on any atom is 0.273 e. The van der Waals surface area contributed by atoms with Crippen LogP contribution in [0, 0.1) is 6.92 Å². The molecule has 0 spiro atoms. The lowest BCUT2D eigenvalue weighted by molar-refractivity contribution is -0.115. The normalized spacial score (nSPS) is 11.8. The number of amides is 2. The molecule has 11 nitrogen and oxygen atoms in total.